The van der Waals surface area contributed by atoms with Gasteiger partial charge in [-0.15, -0.1) is 0 Å². The van der Waals surface area contributed by atoms with Crippen molar-refractivity contribution in [3.63, 3.8) is 0 Å². The van der Waals surface area contributed by atoms with Gasteiger partial charge in [0.1, 0.15) is 5.82 Å². The predicted molar refractivity (Wildman–Crippen MR) is 71.9 cm³/mol. The molecule has 2 rings (SSSR count). The van der Waals surface area contributed by atoms with Gasteiger partial charge < -0.3 is 9.67 Å². The largest absolute Gasteiger partial charge is 0.481 e. The van der Waals surface area contributed by atoms with E-state index in [-0.39, 0.29) is 12.5 Å². The molecule has 1 aromatic heterocycles. The second-order valence-corrected chi connectivity index (χ2v) is 5.72. The lowest BCUT2D eigenvalue weighted by atomic mass is 10.2. The van der Waals surface area contributed by atoms with E-state index in [9.17, 15) is 4.79 Å². The molecule has 0 amide bonds. The summed E-state index contributed by atoms with van der Waals surface area (Å²) in [6, 6.07) is 0.168. The number of nitrogens with zero attached hydrogens (tertiary/aromatic N) is 3. The molecule has 1 fully saturated rings. The quantitative estimate of drug-likeness (QED) is 0.859. The molecular weight excluding hydrogens is 250 g/mol. The average molecular weight is 269 g/mol. The lowest BCUT2D eigenvalue weighted by molar-refractivity contribution is -0.138. The first kappa shape index (κ1) is 13.4. The normalized spacial score (nSPS) is 21.1. The Morgan fingerprint density at radius 1 is 1.67 bits per heavy atom. The lowest BCUT2D eigenvalue weighted by Gasteiger charge is -2.34. The molecule has 1 atom stereocenters. The zero-order chi connectivity index (χ0) is 13.0. The SMILES string of the molecule is Cn1ccnc1CCN1CCSCC1CC(=O)O. The van der Waals surface area contributed by atoms with Crippen LogP contribution in [-0.4, -0.2) is 56.2 Å². The second-order valence-electron chi connectivity index (χ2n) is 4.57. The van der Waals surface area contributed by atoms with Crippen molar-refractivity contribution in [2.24, 2.45) is 7.05 Å². The summed E-state index contributed by atoms with van der Waals surface area (Å²) >= 11 is 1.85. The summed E-state index contributed by atoms with van der Waals surface area (Å²) in [6.45, 7) is 1.87. The van der Waals surface area contributed by atoms with Crippen molar-refractivity contribution in [3.8, 4) is 0 Å². The molecule has 0 radical (unpaired) electrons. The highest BCUT2D eigenvalue weighted by atomic mass is 32.2. The Morgan fingerprint density at radius 3 is 3.17 bits per heavy atom. The van der Waals surface area contributed by atoms with E-state index in [1.807, 2.05) is 29.6 Å². The highest BCUT2D eigenvalue weighted by molar-refractivity contribution is 7.99. The molecular formula is C12H19N3O2S. The first-order valence-electron chi connectivity index (χ1n) is 6.16. The smallest absolute Gasteiger partial charge is 0.304 e. The van der Waals surface area contributed by atoms with Crippen LogP contribution >= 0.6 is 11.8 Å². The van der Waals surface area contributed by atoms with Gasteiger partial charge in [-0.1, -0.05) is 0 Å². The van der Waals surface area contributed by atoms with Crippen LogP contribution in [0.1, 0.15) is 12.2 Å². The maximum atomic E-state index is 10.8. The van der Waals surface area contributed by atoms with Crippen molar-refractivity contribution in [3.05, 3.63) is 18.2 Å². The second kappa shape index (κ2) is 6.24. The monoisotopic (exact) mass is 269 g/mol. The third kappa shape index (κ3) is 3.49. The number of carboxylic acid groups (broad SMARTS) is 1. The van der Waals surface area contributed by atoms with Gasteiger partial charge in [0, 0.05) is 56.5 Å². The summed E-state index contributed by atoms with van der Waals surface area (Å²) in [5, 5.41) is 8.93. The minimum Gasteiger partial charge on any atom is -0.481 e. The Kier molecular flexibility index (Phi) is 4.66. The van der Waals surface area contributed by atoms with Gasteiger partial charge in [-0.2, -0.15) is 11.8 Å². The standard InChI is InChI=1S/C12H19N3O2S/c1-14-5-3-13-11(14)2-4-15-6-7-18-9-10(15)8-12(16)17/h3,5,10H,2,4,6-9H2,1H3,(H,16,17). The third-order valence-corrected chi connectivity index (χ3v) is 4.40. The number of rotatable bonds is 5. The lowest BCUT2D eigenvalue weighted by Crippen LogP contribution is -2.44. The Labute approximate surface area is 111 Å². The van der Waals surface area contributed by atoms with Crippen molar-refractivity contribution in [1.82, 2.24) is 14.5 Å². The van der Waals surface area contributed by atoms with Crippen LogP contribution in [-0.2, 0) is 18.3 Å². The molecule has 0 bridgehead atoms. The third-order valence-electron chi connectivity index (χ3n) is 3.30. The Balaban J connectivity index is 1.89. The molecule has 1 aromatic rings. The summed E-state index contributed by atoms with van der Waals surface area (Å²) < 4.78 is 2.02. The van der Waals surface area contributed by atoms with Gasteiger partial charge in [0.2, 0.25) is 0 Å². The van der Waals surface area contributed by atoms with Crippen molar-refractivity contribution < 1.29 is 9.90 Å². The number of carboxylic acids is 1. The number of carbonyl (C=O) groups is 1. The number of aryl methyl sites for hydroxylation is 1. The minimum atomic E-state index is -0.704. The van der Waals surface area contributed by atoms with Gasteiger partial charge in [0.25, 0.3) is 0 Å². The van der Waals surface area contributed by atoms with Crippen LogP contribution in [0.4, 0.5) is 0 Å². The van der Waals surface area contributed by atoms with E-state index >= 15 is 0 Å². The van der Waals surface area contributed by atoms with E-state index in [1.165, 1.54) is 0 Å². The Morgan fingerprint density at radius 2 is 2.50 bits per heavy atom. The van der Waals surface area contributed by atoms with Crippen LogP contribution in [0.3, 0.4) is 0 Å². The molecule has 1 saturated heterocycles. The van der Waals surface area contributed by atoms with Crippen LogP contribution < -0.4 is 0 Å². The van der Waals surface area contributed by atoms with Crippen LogP contribution in [0.5, 0.6) is 0 Å². The Hall–Kier alpha value is -1.01. The van der Waals surface area contributed by atoms with E-state index in [1.54, 1.807) is 6.20 Å². The first-order valence-corrected chi connectivity index (χ1v) is 7.32. The number of hydrogen-bond donors (Lipinski definition) is 1. The van der Waals surface area contributed by atoms with Crippen molar-refractivity contribution in [1.29, 1.82) is 0 Å². The van der Waals surface area contributed by atoms with Crippen molar-refractivity contribution in [2.45, 2.75) is 18.9 Å². The van der Waals surface area contributed by atoms with Gasteiger partial charge in [-0.05, 0) is 0 Å². The topological polar surface area (TPSA) is 58.4 Å². The number of thioether (sulfide) groups is 1. The summed E-state index contributed by atoms with van der Waals surface area (Å²) in [6.07, 6.45) is 4.87. The highest BCUT2D eigenvalue weighted by Gasteiger charge is 2.24. The number of aromatic nitrogens is 2. The van der Waals surface area contributed by atoms with Gasteiger partial charge in [0.15, 0.2) is 0 Å². The molecule has 1 aliphatic heterocycles. The molecule has 100 valence electrons. The first-order chi connectivity index (χ1) is 8.66. The van der Waals surface area contributed by atoms with Crippen molar-refractivity contribution in [2.75, 3.05) is 24.6 Å². The van der Waals surface area contributed by atoms with E-state index in [4.69, 9.17) is 5.11 Å². The van der Waals surface area contributed by atoms with Crippen LogP contribution in [0.25, 0.3) is 0 Å². The van der Waals surface area contributed by atoms with Gasteiger partial charge in [-0.25, -0.2) is 4.98 Å². The molecule has 0 aliphatic carbocycles. The molecule has 1 unspecified atom stereocenters. The molecule has 1 N–H and O–H groups in total. The zero-order valence-electron chi connectivity index (χ0n) is 10.6. The fourth-order valence-electron chi connectivity index (χ4n) is 2.25. The Bertz CT molecular complexity index is 408. The van der Waals surface area contributed by atoms with E-state index < -0.39 is 5.97 Å². The molecule has 2 heterocycles. The maximum absolute atomic E-state index is 10.8. The zero-order valence-corrected chi connectivity index (χ0v) is 11.4. The maximum Gasteiger partial charge on any atom is 0.304 e. The molecule has 0 spiro atoms. The highest BCUT2D eigenvalue weighted by Crippen LogP contribution is 2.19. The van der Waals surface area contributed by atoms with Crippen molar-refractivity contribution >= 4 is 17.7 Å². The number of imidazole rings is 1. The van der Waals surface area contributed by atoms with Crippen LogP contribution in [0.2, 0.25) is 0 Å². The summed E-state index contributed by atoms with van der Waals surface area (Å²) in [4.78, 5) is 17.4. The summed E-state index contributed by atoms with van der Waals surface area (Å²) in [5.74, 6) is 2.37. The van der Waals surface area contributed by atoms with E-state index in [2.05, 4.69) is 9.88 Å². The molecule has 6 heteroatoms. The fraction of sp³-hybridized carbons (Fsp3) is 0.667. The van der Waals surface area contributed by atoms with Crippen LogP contribution in [0.15, 0.2) is 12.4 Å². The van der Waals surface area contributed by atoms with Crippen LogP contribution in [0, 0.1) is 0 Å². The molecule has 18 heavy (non-hydrogen) atoms. The van der Waals surface area contributed by atoms with Gasteiger partial charge in [0.05, 0.1) is 6.42 Å². The van der Waals surface area contributed by atoms with Gasteiger partial charge in [-0.3, -0.25) is 9.69 Å². The molecule has 0 aromatic carbocycles. The minimum absolute atomic E-state index is 0.168. The summed E-state index contributed by atoms with van der Waals surface area (Å²) in [7, 11) is 1.99. The summed E-state index contributed by atoms with van der Waals surface area (Å²) in [5.41, 5.74) is 0. The molecule has 1 aliphatic rings. The van der Waals surface area contributed by atoms with Gasteiger partial charge >= 0.3 is 5.97 Å². The number of aliphatic carboxylic acids is 1. The fourth-order valence-corrected chi connectivity index (χ4v) is 3.39. The van der Waals surface area contributed by atoms with E-state index in [0.29, 0.717) is 0 Å². The molecule has 0 saturated carbocycles. The molecule has 5 nitrogen and oxygen atoms in total. The number of hydrogen-bond acceptors (Lipinski definition) is 4. The predicted octanol–water partition coefficient (Wildman–Crippen LogP) is 0.855. The average Bonchev–Trinajstić information content (AvgIpc) is 2.73. The van der Waals surface area contributed by atoms with E-state index in [0.717, 1.165) is 36.8 Å².